The molecule has 0 unspecified atom stereocenters. The van der Waals surface area contributed by atoms with Gasteiger partial charge in [-0.3, -0.25) is 19.2 Å². The quantitative estimate of drug-likeness (QED) is 0.278. The summed E-state index contributed by atoms with van der Waals surface area (Å²) in [7, 11) is 0. The minimum Gasteiger partial charge on any atom is -0.484 e. The van der Waals surface area contributed by atoms with E-state index in [9.17, 15) is 19.2 Å². The zero-order valence-corrected chi connectivity index (χ0v) is 24.3. The molecule has 3 aromatic carbocycles. The molecule has 0 spiro atoms. The van der Waals surface area contributed by atoms with Crippen molar-refractivity contribution in [3.05, 3.63) is 103 Å². The van der Waals surface area contributed by atoms with Crippen molar-refractivity contribution in [1.82, 2.24) is 4.98 Å². The van der Waals surface area contributed by atoms with Crippen LogP contribution < -0.4 is 19.8 Å². The van der Waals surface area contributed by atoms with E-state index in [1.807, 2.05) is 43.3 Å². The van der Waals surface area contributed by atoms with Gasteiger partial charge in [0.05, 0.1) is 16.6 Å². The van der Waals surface area contributed by atoms with E-state index in [4.69, 9.17) is 4.74 Å². The molecule has 40 heavy (non-hydrogen) atoms. The summed E-state index contributed by atoms with van der Waals surface area (Å²) in [5.41, 5.74) is 3.03. The van der Waals surface area contributed by atoms with Crippen LogP contribution in [0.15, 0.2) is 87.1 Å². The zero-order chi connectivity index (χ0) is 28.0. The predicted molar refractivity (Wildman–Crippen MR) is 158 cm³/mol. The van der Waals surface area contributed by atoms with Crippen molar-refractivity contribution in [3.8, 4) is 5.75 Å². The van der Waals surface area contributed by atoms with Gasteiger partial charge in [-0.25, -0.2) is 4.90 Å². The van der Waals surface area contributed by atoms with Gasteiger partial charge in [-0.15, -0.1) is 0 Å². The number of benzene rings is 3. The van der Waals surface area contributed by atoms with Crippen LogP contribution in [0.3, 0.4) is 0 Å². The predicted octanol–water partition coefficient (Wildman–Crippen LogP) is 5.32. The summed E-state index contributed by atoms with van der Waals surface area (Å²) < 4.78 is 6.53. The van der Waals surface area contributed by atoms with Gasteiger partial charge in [0.25, 0.3) is 5.91 Å². The van der Waals surface area contributed by atoms with Crippen LogP contribution in [0.5, 0.6) is 5.75 Å². The van der Waals surface area contributed by atoms with Crippen LogP contribution in [0, 0.1) is 12.8 Å². The van der Waals surface area contributed by atoms with Crippen LogP contribution in [0.4, 0.5) is 11.4 Å². The smallest absolute Gasteiger partial charge is 0.305 e. The summed E-state index contributed by atoms with van der Waals surface area (Å²) in [6, 6.07) is 21.6. The molecule has 1 saturated heterocycles. The van der Waals surface area contributed by atoms with E-state index in [1.165, 1.54) is 16.7 Å². The number of hydrogen-bond acceptors (Lipinski definition) is 7. The van der Waals surface area contributed by atoms with Gasteiger partial charge in [-0.1, -0.05) is 63.3 Å². The summed E-state index contributed by atoms with van der Waals surface area (Å²) in [6.45, 7) is 1.78. The number of aromatic amines is 1. The second-order valence-electron chi connectivity index (χ2n) is 9.51. The van der Waals surface area contributed by atoms with Gasteiger partial charge in [-0.05, 0) is 66.6 Å². The fraction of sp³-hybridized carbons (Fsp3) is 0.172. The summed E-state index contributed by atoms with van der Waals surface area (Å²) >= 11 is 5.69. The molecule has 2 N–H and O–H groups in total. The highest BCUT2D eigenvalue weighted by Gasteiger charge is 2.56. The van der Waals surface area contributed by atoms with Crippen LogP contribution in [0.25, 0.3) is 0 Å². The molecule has 8 nitrogen and oxygen atoms in total. The minimum absolute atomic E-state index is 0.170. The number of rotatable bonds is 6. The standard InChI is InChI=1S/C29H22BrN3O5S2/c1-15-3-2-4-18(13-15)31-21(34)14-38-20-11-5-16(6-12-20)22-23-25(39-26-24(22)40-29(37)32-26)28(36)33(27(23)35)19-9-7-17(30)8-10-19/h2-13,22-23,25H,14H2,1H3,(H,31,34)(H,32,37)/t22-,23-,25+/m0/s1. The highest BCUT2D eigenvalue weighted by molar-refractivity contribution is 9.10. The Bertz CT molecular complexity index is 1680. The van der Waals surface area contributed by atoms with Gasteiger partial charge in [0, 0.05) is 21.0 Å². The van der Waals surface area contributed by atoms with Crippen molar-refractivity contribution in [3.63, 3.8) is 0 Å². The Morgan fingerprint density at radius 2 is 1.77 bits per heavy atom. The lowest BCUT2D eigenvalue weighted by Crippen LogP contribution is -2.32. The molecule has 3 amide bonds. The molecule has 0 aliphatic carbocycles. The molecule has 2 aliphatic rings. The largest absolute Gasteiger partial charge is 0.484 e. The summed E-state index contributed by atoms with van der Waals surface area (Å²) in [5.74, 6) is -1.56. The molecule has 2 aliphatic heterocycles. The Labute approximate surface area is 245 Å². The van der Waals surface area contributed by atoms with Gasteiger partial charge in [0.2, 0.25) is 11.8 Å². The average molecular weight is 637 g/mol. The first-order valence-electron chi connectivity index (χ1n) is 12.4. The molecule has 1 aromatic heterocycles. The summed E-state index contributed by atoms with van der Waals surface area (Å²) in [4.78, 5) is 56.5. The van der Waals surface area contributed by atoms with E-state index in [2.05, 4.69) is 26.2 Å². The van der Waals surface area contributed by atoms with Crippen LogP contribution in [-0.2, 0) is 14.4 Å². The second kappa shape index (κ2) is 10.7. The van der Waals surface area contributed by atoms with Crippen LogP contribution in [0.2, 0.25) is 0 Å². The maximum absolute atomic E-state index is 13.8. The van der Waals surface area contributed by atoms with Crippen molar-refractivity contribution in [2.45, 2.75) is 23.1 Å². The molecule has 0 saturated carbocycles. The molecular weight excluding hydrogens is 614 g/mol. The number of aryl methyl sites for hydroxylation is 1. The van der Waals surface area contributed by atoms with Crippen LogP contribution in [0.1, 0.15) is 21.9 Å². The lowest BCUT2D eigenvalue weighted by atomic mass is 9.83. The fourth-order valence-electron chi connectivity index (χ4n) is 5.06. The van der Waals surface area contributed by atoms with Crippen molar-refractivity contribution < 1.29 is 19.1 Å². The number of thioether (sulfide) groups is 1. The van der Waals surface area contributed by atoms with Crippen molar-refractivity contribution in [2.24, 2.45) is 5.92 Å². The number of imide groups is 1. The van der Waals surface area contributed by atoms with E-state index >= 15 is 0 Å². The zero-order valence-electron chi connectivity index (χ0n) is 21.1. The number of carbonyl (C=O) groups is 3. The number of ether oxygens (including phenoxy) is 1. The Hall–Kier alpha value is -3.67. The number of anilines is 2. The number of aromatic nitrogens is 1. The molecule has 11 heteroatoms. The van der Waals surface area contributed by atoms with Crippen LogP contribution >= 0.6 is 39.0 Å². The SMILES string of the molecule is Cc1cccc(NC(=O)COc2ccc([C@@H]3c4sc(=O)[nH]c4S[C@H]4C(=O)N(c5ccc(Br)cc5)C(=O)[C@@H]34)cc2)c1. The maximum atomic E-state index is 13.8. The molecular formula is C29H22BrN3O5S2. The monoisotopic (exact) mass is 635 g/mol. The highest BCUT2D eigenvalue weighted by Crippen LogP contribution is 2.53. The number of thiazole rings is 1. The topological polar surface area (TPSA) is 109 Å². The molecule has 1 fully saturated rings. The number of fused-ring (bicyclic) bond motifs is 2. The van der Waals surface area contributed by atoms with E-state index in [0.717, 1.165) is 31.8 Å². The molecule has 3 atom stereocenters. The lowest BCUT2D eigenvalue weighted by molar-refractivity contribution is -0.122. The molecule has 4 aromatic rings. The first kappa shape index (κ1) is 26.5. The third-order valence-electron chi connectivity index (χ3n) is 6.82. The number of hydrogen-bond donors (Lipinski definition) is 2. The molecule has 0 bridgehead atoms. The number of nitrogens with zero attached hydrogens (tertiary/aromatic N) is 1. The Kier molecular flexibility index (Phi) is 7.11. The molecule has 3 heterocycles. The van der Waals surface area contributed by atoms with E-state index < -0.39 is 17.1 Å². The van der Waals surface area contributed by atoms with Gasteiger partial charge in [0.1, 0.15) is 11.0 Å². The molecule has 0 radical (unpaired) electrons. The number of nitrogens with one attached hydrogen (secondary N) is 2. The number of amides is 3. The highest BCUT2D eigenvalue weighted by atomic mass is 79.9. The van der Waals surface area contributed by atoms with E-state index in [0.29, 0.717) is 22.2 Å². The van der Waals surface area contributed by atoms with Gasteiger partial charge < -0.3 is 15.0 Å². The summed E-state index contributed by atoms with van der Waals surface area (Å²) in [5, 5.41) is 2.76. The first-order chi connectivity index (χ1) is 19.3. The van der Waals surface area contributed by atoms with Crippen LogP contribution in [-0.4, -0.2) is 34.6 Å². The normalized spacial score (nSPS) is 19.8. The Morgan fingerprint density at radius 1 is 1.02 bits per heavy atom. The average Bonchev–Trinajstić information content (AvgIpc) is 3.42. The van der Waals surface area contributed by atoms with E-state index in [-0.39, 0.29) is 29.2 Å². The maximum Gasteiger partial charge on any atom is 0.305 e. The summed E-state index contributed by atoms with van der Waals surface area (Å²) in [6.07, 6.45) is 0. The first-order valence-corrected chi connectivity index (χ1v) is 14.9. The lowest BCUT2D eigenvalue weighted by Gasteiger charge is -2.29. The Morgan fingerprint density at radius 3 is 2.50 bits per heavy atom. The van der Waals surface area contributed by atoms with Crippen molar-refractivity contribution in [2.75, 3.05) is 16.8 Å². The van der Waals surface area contributed by atoms with Crippen molar-refractivity contribution in [1.29, 1.82) is 0 Å². The van der Waals surface area contributed by atoms with Crippen molar-refractivity contribution >= 4 is 68.1 Å². The number of H-pyrrole nitrogens is 1. The molecule has 202 valence electrons. The fourth-order valence-corrected chi connectivity index (χ4v) is 7.84. The Balaban J connectivity index is 1.24. The number of carbonyl (C=O) groups excluding carboxylic acids is 3. The number of halogens is 1. The van der Waals surface area contributed by atoms with Gasteiger partial charge in [0.15, 0.2) is 6.61 Å². The molecule has 6 rings (SSSR count). The second-order valence-corrected chi connectivity index (χ2v) is 12.6. The minimum atomic E-state index is -0.674. The van der Waals surface area contributed by atoms with E-state index in [1.54, 1.807) is 36.4 Å². The third-order valence-corrected chi connectivity index (χ3v) is 9.75. The van der Waals surface area contributed by atoms with Gasteiger partial charge >= 0.3 is 4.87 Å². The third kappa shape index (κ3) is 5.00. The van der Waals surface area contributed by atoms with Gasteiger partial charge in [-0.2, -0.15) is 0 Å².